The van der Waals surface area contributed by atoms with Gasteiger partial charge in [0, 0.05) is 6.54 Å². The van der Waals surface area contributed by atoms with Crippen LogP contribution in [-0.4, -0.2) is 22.5 Å². The number of halogens is 3. The van der Waals surface area contributed by atoms with Gasteiger partial charge in [0.25, 0.3) is 5.91 Å². The van der Waals surface area contributed by atoms with Crippen molar-refractivity contribution >= 4 is 57.8 Å². The Balaban J connectivity index is 1.96. The van der Waals surface area contributed by atoms with E-state index in [2.05, 4.69) is 4.99 Å². The highest BCUT2D eigenvalue weighted by Crippen LogP contribution is 2.36. The van der Waals surface area contributed by atoms with Crippen LogP contribution in [0.1, 0.15) is 12.5 Å². The number of amidine groups is 1. The summed E-state index contributed by atoms with van der Waals surface area (Å²) in [5.74, 6) is -0.480. The summed E-state index contributed by atoms with van der Waals surface area (Å²) in [7, 11) is 0. The molecule has 0 bridgehead atoms. The number of likely N-dealkylation sites (N-methyl/N-ethyl adjacent to an activating group) is 1. The molecule has 0 aliphatic carbocycles. The Morgan fingerprint density at radius 2 is 1.92 bits per heavy atom. The van der Waals surface area contributed by atoms with E-state index in [4.69, 9.17) is 23.2 Å². The van der Waals surface area contributed by atoms with Crippen molar-refractivity contribution in [2.75, 3.05) is 6.54 Å². The molecule has 1 saturated heterocycles. The highest BCUT2D eigenvalue weighted by molar-refractivity contribution is 8.18. The number of nitrogens with zero attached hydrogens (tertiary/aromatic N) is 2. The van der Waals surface area contributed by atoms with Crippen molar-refractivity contribution in [3.63, 3.8) is 0 Å². The lowest BCUT2D eigenvalue weighted by molar-refractivity contribution is -0.122. The Bertz CT molecular complexity index is 881. The van der Waals surface area contributed by atoms with Crippen molar-refractivity contribution in [1.82, 2.24) is 4.90 Å². The van der Waals surface area contributed by atoms with Gasteiger partial charge in [0.05, 0.1) is 20.6 Å². The number of aliphatic imine (C=N–C) groups is 1. The van der Waals surface area contributed by atoms with Gasteiger partial charge in [-0.1, -0.05) is 35.3 Å². The molecule has 0 aromatic heterocycles. The third-order valence-electron chi connectivity index (χ3n) is 3.52. The molecule has 1 aliphatic heterocycles. The molecule has 3 rings (SSSR count). The van der Waals surface area contributed by atoms with Crippen molar-refractivity contribution in [3.05, 3.63) is 68.8 Å². The quantitative estimate of drug-likeness (QED) is 0.620. The van der Waals surface area contributed by atoms with E-state index in [1.807, 2.05) is 6.92 Å². The van der Waals surface area contributed by atoms with E-state index in [1.54, 1.807) is 41.3 Å². The van der Waals surface area contributed by atoms with Gasteiger partial charge in [-0.15, -0.1) is 0 Å². The minimum Gasteiger partial charge on any atom is -0.287 e. The van der Waals surface area contributed by atoms with E-state index in [-0.39, 0.29) is 11.7 Å². The molecule has 0 spiro atoms. The first-order valence-electron chi connectivity index (χ1n) is 7.49. The van der Waals surface area contributed by atoms with E-state index < -0.39 is 0 Å². The minimum absolute atomic E-state index is 0.149. The van der Waals surface area contributed by atoms with Crippen LogP contribution < -0.4 is 0 Å². The maximum absolute atomic E-state index is 13.0. The average Bonchev–Trinajstić information content (AvgIpc) is 2.89. The monoisotopic (exact) mass is 394 g/mol. The molecule has 2 aromatic rings. The summed E-state index contributed by atoms with van der Waals surface area (Å²) >= 11 is 13.5. The van der Waals surface area contributed by atoms with E-state index in [0.29, 0.717) is 37.9 Å². The summed E-state index contributed by atoms with van der Waals surface area (Å²) < 4.78 is 13.0. The second-order valence-corrected chi connectivity index (χ2v) is 6.97. The van der Waals surface area contributed by atoms with Gasteiger partial charge in [0.2, 0.25) is 0 Å². The number of benzene rings is 2. The lowest BCUT2D eigenvalue weighted by Gasteiger charge is -2.11. The van der Waals surface area contributed by atoms with E-state index in [9.17, 15) is 9.18 Å². The molecule has 0 unspecified atom stereocenters. The highest BCUT2D eigenvalue weighted by Gasteiger charge is 2.32. The van der Waals surface area contributed by atoms with Gasteiger partial charge >= 0.3 is 0 Å². The fourth-order valence-electron chi connectivity index (χ4n) is 2.27. The molecule has 2 aromatic carbocycles. The molecule has 0 radical (unpaired) electrons. The molecule has 128 valence electrons. The first-order valence-corrected chi connectivity index (χ1v) is 9.06. The van der Waals surface area contributed by atoms with Crippen LogP contribution in [0.2, 0.25) is 10.0 Å². The Labute approximate surface area is 159 Å². The molecule has 0 N–H and O–H groups in total. The number of rotatable bonds is 3. The number of carbonyl (C=O) groups is 1. The Morgan fingerprint density at radius 3 is 2.60 bits per heavy atom. The zero-order valence-corrected chi connectivity index (χ0v) is 15.5. The van der Waals surface area contributed by atoms with Crippen LogP contribution in [0.3, 0.4) is 0 Å². The topological polar surface area (TPSA) is 32.7 Å². The first-order chi connectivity index (χ1) is 12.0. The Hall–Kier alpha value is -1.82. The standard InChI is InChI=1S/C18H13Cl2FN2OS/c1-2-23-17(24)15(10-11-4-3-5-14(19)16(11)20)25-18(23)22-13-8-6-12(21)7-9-13/h3-10H,2H2,1H3/b15-10+,22-18?. The lowest BCUT2D eigenvalue weighted by atomic mass is 10.2. The molecule has 1 fully saturated rings. The van der Waals surface area contributed by atoms with Crippen LogP contribution in [0.5, 0.6) is 0 Å². The predicted octanol–water partition coefficient (Wildman–Crippen LogP) is 5.76. The number of thioether (sulfide) groups is 1. The molecular formula is C18H13Cl2FN2OS. The van der Waals surface area contributed by atoms with Crippen molar-refractivity contribution in [2.24, 2.45) is 4.99 Å². The Morgan fingerprint density at radius 1 is 1.20 bits per heavy atom. The molecular weight excluding hydrogens is 382 g/mol. The average molecular weight is 395 g/mol. The number of hydrogen-bond donors (Lipinski definition) is 0. The Kier molecular flexibility index (Phi) is 5.47. The smallest absolute Gasteiger partial charge is 0.266 e. The van der Waals surface area contributed by atoms with Crippen LogP contribution in [0.4, 0.5) is 10.1 Å². The summed E-state index contributed by atoms with van der Waals surface area (Å²) in [5.41, 5.74) is 1.25. The number of carbonyl (C=O) groups excluding carboxylic acids is 1. The van der Waals surface area contributed by atoms with Gasteiger partial charge in [-0.3, -0.25) is 9.69 Å². The van der Waals surface area contributed by atoms with Crippen LogP contribution in [-0.2, 0) is 4.79 Å². The summed E-state index contributed by atoms with van der Waals surface area (Å²) in [6, 6.07) is 11.1. The highest BCUT2D eigenvalue weighted by atomic mass is 35.5. The fourth-order valence-corrected chi connectivity index (χ4v) is 3.69. The number of amides is 1. The molecule has 3 nitrogen and oxygen atoms in total. The zero-order chi connectivity index (χ0) is 18.0. The predicted molar refractivity (Wildman–Crippen MR) is 103 cm³/mol. The number of hydrogen-bond acceptors (Lipinski definition) is 3. The summed E-state index contributed by atoms with van der Waals surface area (Å²) in [4.78, 5) is 19.1. The third kappa shape index (κ3) is 3.89. The van der Waals surface area contributed by atoms with E-state index >= 15 is 0 Å². The van der Waals surface area contributed by atoms with Crippen LogP contribution in [0, 0.1) is 5.82 Å². The minimum atomic E-state index is -0.331. The van der Waals surface area contributed by atoms with Gasteiger partial charge in [0.1, 0.15) is 5.82 Å². The van der Waals surface area contributed by atoms with Crippen LogP contribution >= 0.6 is 35.0 Å². The summed E-state index contributed by atoms with van der Waals surface area (Å²) in [6.45, 7) is 2.35. The van der Waals surface area contributed by atoms with E-state index in [1.165, 1.54) is 23.9 Å². The van der Waals surface area contributed by atoms with Crippen molar-refractivity contribution in [2.45, 2.75) is 6.92 Å². The second kappa shape index (κ2) is 7.60. The summed E-state index contributed by atoms with van der Waals surface area (Å²) in [6.07, 6.45) is 1.71. The fraction of sp³-hybridized carbons (Fsp3) is 0.111. The molecule has 1 aliphatic rings. The normalized spacial score (nSPS) is 17.8. The largest absolute Gasteiger partial charge is 0.287 e. The van der Waals surface area contributed by atoms with Crippen molar-refractivity contribution < 1.29 is 9.18 Å². The molecule has 0 atom stereocenters. The van der Waals surface area contributed by atoms with Gasteiger partial charge < -0.3 is 0 Å². The third-order valence-corrected chi connectivity index (χ3v) is 5.36. The molecule has 1 amide bonds. The van der Waals surface area contributed by atoms with Crippen LogP contribution in [0.25, 0.3) is 6.08 Å². The summed E-state index contributed by atoms with van der Waals surface area (Å²) in [5, 5.41) is 1.37. The van der Waals surface area contributed by atoms with Gasteiger partial charge in [-0.2, -0.15) is 0 Å². The molecule has 25 heavy (non-hydrogen) atoms. The second-order valence-electron chi connectivity index (χ2n) is 5.17. The van der Waals surface area contributed by atoms with Crippen molar-refractivity contribution in [1.29, 1.82) is 0 Å². The van der Waals surface area contributed by atoms with Crippen LogP contribution in [0.15, 0.2) is 52.4 Å². The van der Waals surface area contributed by atoms with Crippen molar-refractivity contribution in [3.8, 4) is 0 Å². The zero-order valence-electron chi connectivity index (χ0n) is 13.2. The SMILES string of the molecule is CCN1C(=O)/C(=C\c2cccc(Cl)c2Cl)SC1=Nc1ccc(F)cc1. The first kappa shape index (κ1) is 18.0. The lowest BCUT2D eigenvalue weighted by Crippen LogP contribution is -2.28. The van der Waals surface area contributed by atoms with E-state index in [0.717, 1.165) is 0 Å². The maximum Gasteiger partial charge on any atom is 0.266 e. The maximum atomic E-state index is 13.0. The van der Waals surface area contributed by atoms with Gasteiger partial charge in [-0.05, 0) is 60.7 Å². The molecule has 0 saturated carbocycles. The molecule has 1 heterocycles. The molecule has 7 heteroatoms. The van der Waals surface area contributed by atoms with Gasteiger partial charge in [-0.25, -0.2) is 9.38 Å². The van der Waals surface area contributed by atoms with Gasteiger partial charge in [0.15, 0.2) is 5.17 Å².